The minimum Gasteiger partial charge on any atom is -0.452 e. The fourth-order valence-electron chi connectivity index (χ4n) is 2.60. The van der Waals surface area contributed by atoms with Crippen LogP contribution in [0.25, 0.3) is 0 Å². The summed E-state index contributed by atoms with van der Waals surface area (Å²) >= 11 is 0. The van der Waals surface area contributed by atoms with Crippen LogP contribution in [0.15, 0.2) is 48.5 Å². The molecule has 178 valence electrons. The molecule has 0 fully saturated rings. The van der Waals surface area contributed by atoms with Gasteiger partial charge in [0.15, 0.2) is 6.61 Å². The van der Waals surface area contributed by atoms with Gasteiger partial charge in [-0.25, -0.2) is 4.79 Å². The molecule has 0 aliphatic carbocycles. The lowest BCUT2D eigenvalue weighted by molar-refractivity contribution is -0.176. The number of ether oxygens (including phenoxy) is 2. The van der Waals surface area contributed by atoms with Crippen molar-refractivity contribution < 1.29 is 37.0 Å². The molecule has 2 rings (SSSR count). The Hall–Kier alpha value is -3.40. The first-order valence-corrected chi connectivity index (χ1v) is 10.1. The molecule has 2 amide bonds. The third-order valence-electron chi connectivity index (χ3n) is 4.18. The number of carbonyl (C=O) groups excluding carboxylic acids is 3. The van der Waals surface area contributed by atoms with E-state index in [0.29, 0.717) is 12.1 Å². The van der Waals surface area contributed by atoms with Gasteiger partial charge in [-0.15, -0.1) is 0 Å². The van der Waals surface area contributed by atoms with Gasteiger partial charge < -0.3 is 20.1 Å². The first-order valence-electron chi connectivity index (χ1n) is 10.1. The Bertz CT molecular complexity index is 959. The van der Waals surface area contributed by atoms with Crippen LogP contribution in [0, 0.1) is 5.92 Å². The van der Waals surface area contributed by atoms with Crippen LogP contribution < -0.4 is 10.6 Å². The standard InChI is InChI=1S/C23H25F3N2O5/c1-15(2)11-27-21(30)18-5-3-4-6-19(18)28-20(29)13-33-22(31)17-9-7-16(8-10-17)12-32-14-23(24,25)26/h3-10,15H,11-14H2,1-2H3,(H,27,30)(H,28,29). The zero-order valence-corrected chi connectivity index (χ0v) is 18.2. The van der Waals surface area contributed by atoms with Crippen molar-refractivity contribution in [1.82, 2.24) is 5.32 Å². The van der Waals surface area contributed by atoms with E-state index in [0.717, 1.165) is 0 Å². The number of anilines is 1. The van der Waals surface area contributed by atoms with Crippen LogP contribution in [0.4, 0.5) is 18.9 Å². The minimum atomic E-state index is -4.41. The van der Waals surface area contributed by atoms with Crippen LogP contribution in [0.2, 0.25) is 0 Å². The quantitative estimate of drug-likeness (QED) is 0.518. The van der Waals surface area contributed by atoms with Gasteiger partial charge in [0.2, 0.25) is 0 Å². The highest BCUT2D eigenvalue weighted by molar-refractivity contribution is 6.04. The number of benzene rings is 2. The van der Waals surface area contributed by atoms with Gasteiger partial charge in [0.05, 0.1) is 23.4 Å². The van der Waals surface area contributed by atoms with E-state index in [4.69, 9.17) is 4.74 Å². The topological polar surface area (TPSA) is 93.7 Å². The van der Waals surface area contributed by atoms with Crippen molar-refractivity contribution in [3.8, 4) is 0 Å². The van der Waals surface area contributed by atoms with Crippen molar-refractivity contribution in [2.75, 3.05) is 25.1 Å². The van der Waals surface area contributed by atoms with E-state index < -0.39 is 31.3 Å². The number of esters is 1. The largest absolute Gasteiger partial charge is 0.452 e. The maximum absolute atomic E-state index is 12.3. The molecule has 0 saturated carbocycles. The third kappa shape index (κ3) is 9.32. The summed E-state index contributed by atoms with van der Waals surface area (Å²) in [5, 5.41) is 5.31. The zero-order chi connectivity index (χ0) is 24.4. The van der Waals surface area contributed by atoms with Crippen molar-refractivity contribution in [3.05, 3.63) is 65.2 Å². The Morgan fingerprint density at radius 1 is 1.00 bits per heavy atom. The molecule has 0 spiro atoms. The molecule has 0 atom stereocenters. The van der Waals surface area contributed by atoms with Gasteiger partial charge in [-0.2, -0.15) is 13.2 Å². The summed E-state index contributed by atoms with van der Waals surface area (Å²) in [5.41, 5.74) is 1.13. The number of hydrogen-bond acceptors (Lipinski definition) is 5. The maximum atomic E-state index is 12.3. The molecule has 10 heteroatoms. The summed E-state index contributed by atoms with van der Waals surface area (Å²) in [4.78, 5) is 36.7. The highest BCUT2D eigenvalue weighted by atomic mass is 19.4. The molecule has 2 aromatic carbocycles. The fourth-order valence-corrected chi connectivity index (χ4v) is 2.60. The first kappa shape index (κ1) is 25.9. The molecular weight excluding hydrogens is 441 g/mol. The summed E-state index contributed by atoms with van der Waals surface area (Å²) in [6.07, 6.45) is -4.41. The molecule has 0 aliphatic heterocycles. The molecule has 33 heavy (non-hydrogen) atoms. The molecule has 0 saturated heterocycles. The van der Waals surface area contributed by atoms with Crippen LogP contribution >= 0.6 is 0 Å². The number of amides is 2. The molecule has 0 radical (unpaired) electrons. The van der Waals surface area contributed by atoms with Gasteiger partial charge >= 0.3 is 12.1 Å². The average molecular weight is 466 g/mol. The van der Waals surface area contributed by atoms with Crippen molar-refractivity contribution in [2.24, 2.45) is 5.92 Å². The van der Waals surface area contributed by atoms with E-state index in [9.17, 15) is 27.6 Å². The normalized spacial score (nSPS) is 11.2. The number of alkyl halides is 3. The predicted octanol–water partition coefficient (Wildman–Crippen LogP) is 3.95. The number of nitrogens with one attached hydrogen (secondary N) is 2. The van der Waals surface area contributed by atoms with E-state index in [1.807, 2.05) is 13.8 Å². The Morgan fingerprint density at radius 3 is 2.30 bits per heavy atom. The number of carbonyl (C=O) groups is 3. The molecule has 2 N–H and O–H groups in total. The van der Waals surface area contributed by atoms with Crippen molar-refractivity contribution in [3.63, 3.8) is 0 Å². The van der Waals surface area contributed by atoms with Crippen molar-refractivity contribution in [2.45, 2.75) is 26.6 Å². The summed E-state index contributed by atoms with van der Waals surface area (Å²) in [5.74, 6) is -1.49. The van der Waals surface area contributed by atoms with Crippen molar-refractivity contribution >= 4 is 23.5 Å². The molecule has 0 heterocycles. The van der Waals surface area contributed by atoms with E-state index >= 15 is 0 Å². The lowest BCUT2D eigenvalue weighted by Gasteiger charge is -2.12. The Balaban J connectivity index is 1.86. The maximum Gasteiger partial charge on any atom is 0.411 e. The SMILES string of the molecule is CC(C)CNC(=O)c1ccccc1NC(=O)COC(=O)c1ccc(COCC(F)(F)F)cc1. The second-order valence-corrected chi connectivity index (χ2v) is 7.58. The van der Waals surface area contributed by atoms with E-state index in [1.54, 1.807) is 24.3 Å². The zero-order valence-electron chi connectivity index (χ0n) is 18.2. The third-order valence-corrected chi connectivity index (χ3v) is 4.18. The van der Waals surface area contributed by atoms with E-state index in [1.165, 1.54) is 24.3 Å². The first-order chi connectivity index (χ1) is 15.5. The predicted molar refractivity (Wildman–Crippen MR) is 115 cm³/mol. The van der Waals surface area contributed by atoms with Crippen LogP contribution in [0.5, 0.6) is 0 Å². The monoisotopic (exact) mass is 466 g/mol. The molecule has 7 nitrogen and oxygen atoms in total. The summed E-state index contributed by atoms with van der Waals surface area (Å²) < 4.78 is 45.8. The number of rotatable bonds is 10. The molecule has 0 unspecified atom stereocenters. The molecule has 0 aromatic heterocycles. The summed E-state index contributed by atoms with van der Waals surface area (Å²) in [6, 6.07) is 12.0. The minimum absolute atomic E-state index is 0.121. The van der Waals surface area contributed by atoms with E-state index in [-0.39, 0.29) is 35.2 Å². The molecule has 2 aromatic rings. The second-order valence-electron chi connectivity index (χ2n) is 7.58. The van der Waals surface area contributed by atoms with Gasteiger partial charge in [-0.1, -0.05) is 38.1 Å². The Morgan fingerprint density at radius 2 is 1.67 bits per heavy atom. The molecular formula is C23H25F3N2O5. The lowest BCUT2D eigenvalue weighted by atomic mass is 10.1. The fraction of sp³-hybridized carbons (Fsp3) is 0.348. The van der Waals surface area contributed by atoms with Crippen LogP contribution in [-0.2, 0) is 20.9 Å². The second kappa shape index (κ2) is 12.0. The van der Waals surface area contributed by atoms with E-state index in [2.05, 4.69) is 15.4 Å². The Labute approximate surface area is 189 Å². The van der Waals surface area contributed by atoms with Crippen LogP contribution in [0.1, 0.15) is 40.1 Å². The van der Waals surface area contributed by atoms with Crippen LogP contribution in [0.3, 0.4) is 0 Å². The van der Waals surface area contributed by atoms with Crippen molar-refractivity contribution in [1.29, 1.82) is 0 Å². The smallest absolute Gasteiger partial charge is 0.411 e. The van der Waals surface area contributed by atoms with Gasteiger partial charge in [0.25, 0.3) is 11.8 Å². The number of para-hydroxylation sites is 1. The Kier molecular flexibility index (Phi) is 9.41. The summed E-state index contributed by atoms with van der Waals surface area (Å²) in [7, 11) is 0. The summed E-state index contributed by atoms with van der Waals surface area (Å²) in [6.45, 7) is 2.17. The molecule has 0 aliphatic rings. The van der Waals surface area contributed by atoms with Gasteiger partial charge in [0.1, 0.15) is 6.61 Å². The van der Waals surface area contributed by atoms with Gasteiger partial charge in [0, 0.05) is 6.54 Å². The number of halogens is 3. The van der Waals surface area contributed by atoms with Gasteiger partial charge in [-0.3, -0.25) is 9.59 Å². The average Bonchev–Trinajstić information content (AvgIpc) is 2.76. The van der Waals surface area contributed by atoms with Gasteiger partial charge in [-0.05, 0) is 35.7 Å². The lowest BCUT2D eigenvalue weighted by Crippen LogP contribution is -2.29. The van der Waals surface area contributed by atoms with Crippen LogP contribution in [-0.4, -0.2) is 43.7 Å². The highest BCUT2D eigenvalue weighted by Crippen LogP contribution is 2.17. The highest BCUT2D eigenvalue weighted by Gasteiger charge is 2.27. The number of hydrogen-bond donors (Lipinski definition) is 2. The molecule has 0 bridgehead atoms.